The first-order chi connectivity index (χ1) is 9.66. The van der Waals surface area contributed by atoms with Crippen molar-refractivity contribution in [1.29, 1.82) is 0 Å². The van der Waals surface area contributed by atoms with Crippen LogP contribution in [0, 0.1) is 5.92 Å². The van der Waals surface area contributed by atoms with E-state index < -0.39 is 0 Å². The molecule has 1 amide bonds. The topological polar surface area (TPSA) is 66.9 Å². The molecule has 3 rings (SSSR count). The first-order valence-electron chi connectivity index (χ1n) is 6.69. The average molecular weight is 291 g/mol. The Labute approximate surface area is 120 Å². The Bertz CT molecular complexity index is 698. The van der Waals surface area contributed by atoms with Crippen LogP contribution >= 0.6 is 11.8 Å². The number of nitrogens with one attached hydrogen (secondary N) is 2. The minimum atomic E-state index is -0.117. The fourth-order valence-corrected chi connectivity index (χ4v) is 3.81. The molecule has 0 bridgehead atoms. The van der Waals surface area contributed by atoms with Crippen LogP contribution in [-0.4, -0.2) is 33.5 Å². The van der Waals surface area contributed by atoms with Gasteiger partial charge in [-0.1, -0.05) is 0 Å². The number of pyridine rings is 1. The molecule has 2 aromatic rings. The normalized spacial score (nSPS) is 18.6. The van der Waals surface area contributed by atoms with Crippen LogP contribution in [-0.2, 0) is 7.05 Å². The number of thioether (sulfide) groups is 1. The summed E-state index contributed by atoms with van der Waals surface area (Å²) in [6.45, 7) is 0.709. The predicted octanol–water partition coefficient (Wildman–Crippen LogP) is 1.35. The highest BCUT2D eigenvalue weighted by molar-refractivity contribution is 7.99. The van der Waals surface area contributed by atoms with Gasteiger partial charge in [-0.05, 0) is 29.9 Å². The molecule has 1 saturated heterocycles. The van der Waals surface area contributed by atoms with Crippen molar-refractivity contribution in [2.24, 2.45) is 13.0 Å². The molecule has 5 nitrogen and oxygen atoms in total. The van der Waals surface area contributed by atoms with Gasteiger partial charge in [0, 0.05) is 31.4 Å². The Morgan fingerprint density at radius 3 is 3.20 bits per heavy atom. The first-order valence-corrected chi connectivity index (χ1v) is 7.85. The van der Waals surface area contributed by atoms with E-state index in [2.05, 4.69) is 10.3 Å². The number of rotatable bonds is 3. The Morgan fingerprint density at radius 2 is 2.45 bits per heavy atom. The zero-order valence-electron chi connectivity index (χ0n) is 11.3. The van der Waals surface area contributed by atoms with E-state index in [4.69, 9.17) is 0 Å². The molecule has 1 fully saturated rings. The number of carbonyl (C=O) groups excluding carboxylic acids is 1. The SMILES string of the molecule is Cn1cc(C(=O)NCC2CCSC2)c2cc[nH]c2c1=O. The minimum Gasteiger partial charge on any atom is -0.357 e. The van der Waals surface area contributed by atoms with Crippen LogP contribution in [0.5, 0.6) is 0 Å². The maximum atomic E-state index is 12.3. The van der Waals surface area contributed by atoms with E-state index in [-0.39, 0.29) is 11.5 Å². The van der Waals surface area contributed by atoms with E-state index in [1.807, 2.05) is 11.8 Å². The molecule has 0 spiro atoms. The lowest BCUT2D eigenvalue weighted by Crippen LogP contribution is -2.30. The van der Waals surface area contributed by atoms with Gasteiger partial charge in [0.2, 0.25) is 0 Å². The van der Waals surface area contributed by atoms with Gasteiger partial charge in [-0.25, -0.2) is 0 Å². The van der Waals surface area contributed by atoms with Crippen molar-refractivity contribution in [2.75, 3.05) is 18.1 Å². The molecule has 6 heteroatoms. The number of aromatic nitrogens is 2. The van der Waals surface area contributed by atoms with Gasteiger partial charge in [-0.3, -0.25) is 9.59 Å². The number of carbonyl (C=O) groups is 1. The maximum Gasteiger partial charge on any atom is 0.274 e. The Balaban J connectivity index is 1.85. The van der Waals surface area contributed by atoms with Crippen LogP contribution in [0.2, 0.25) is 0 Å². The molecule has 0 aromatic carbocycles. The summed E-state index contributed by atoms with van der Waals surface area (Å²) >= 11 is 1.94. The molecule has 106 valence electrons. The standard InChI is InChI=1S/C14H17N3O2S/c1-17-7-11(10-2-4-15-12(10)14(17)19)13(18)16-6-9-3-5-20-8-9/h2,4,7,9,15H,3,5-6,8H2,1H3,(H,16,18). The molecular formula is C14H17N3O2S. The summed E-state index contributed by atoms with van der Waals surface area (Å²) < 4.78 is 1.44. The van der Waals surface area contributed by atoms with E-state index >= 15 is 0 Å². The van der Waals surface area contributed by atoms with Crippen molar-refractivity contribution in [1.82, 2.24) is 14.9 Å². The lowest BCUT2D eigenvalue weighted by Gasteiger charge is -2.11. The summed E-state index contributed by atoms with van der Waals surface area (Å²) in [6, 6.07) is 1.77. The molecule has 2 N–H and O–H groups in total. The van der Waals surface area contributed by atoms with Gasteiger partial charge in [-0.2, -0.15) is 11.8 Å². The molecule has 1 aliphatic heterocycles. The minimum absolute atomic E-state index is 0.109. The number of nitrogens with zero attached hydrogens (tertiary/aromatic N) is 1. The van der Waals surface area contributed by atoms with Crippen molar-refractivity contribution in [3.8, 4) is 0 Å². The molecule has 0 radical (unpaired) electrons. The van der Waals surface area contributed by atoms with Gasteiger partial charge in [0.15, 0.2) is 0 Å². The number of aromatic amines is 1. The quantitative estimate of drug-likeness (QED) is 0.897. The first kappa shape index (κ1) is 13.3. The van der Waals surface area contributed by atoms with Crippen molar-refractivity contribution in [3.63, 3.8) is 0 Å². The lowest BCUT2D eigenvalue weighted by atomic mass is 10.1. The molecule has 20 heavy (non-hydrogen) atoms. The van der Waals surface area contributed by atoms with E-state index in [0.29, 0.717) is 28.9 Å². The van der Waals surface area contributed by atoms with Gasteiger partial charge >= 0.3 is 0 Å². The molecule has 1 atom stereocenters. The van der Waals surface area contributed by atoms with Crippen LogP contribution in [0.4, 0.5) is 0 Å². The average Bonchev–Trinajstić information content (AvgIpc) is 3.10. The zero-order chi connectivity index (χ0) is 14.1. The highest BCUT2D eigenvalue weighted by Crippen LogP contribution is 2.22. The van der Waals surface area contributed by atoms with Gasteiger partial charge < -0.3 is 14.9 Å². The zero-order valence-corrected chi connectivity index (χ0v) is 12.1. The van der Waals surface area contributed by atoms with Gasteiger partial charge in [0.05, 0.1) is 5.56 Å². The number of hydrogen-bond donors (Lipinski definition) is 2. The van der Waals surface area contributed by atoms with Crippen LogP contribution in [0.1, 0.15) is 16.8 Å². The van der Waals surface area contributed by atoms with Gasteiger partial charge in [0.1, 0.15) is 5.52 Å². The molecular weight excluding hydrogens is 274 g/mol. The summed E-state index contributed by atoms with van der Waals surface area (Å²) in [5.74, 6) is 2.76. The highest BCUT2D eigenvalue weighted by atomic mass is 32.2. The molecule has 1 aliphatic rings. The van der Waals surface area contributed by atoms with E-state index in [9.17, 15) is 9.59 Å². The van der Waals surface area contributed by atoms with E-state index in [0.717, 1.165) is 12.2 Å². The van der Waals surface area contributed by atoms with Crippen molar-refractivity contribution in [2.45, 2.75) is 6.42 Å². The maximum absolute atomic E-state index is 12.3. The molecule has 0 saturated carbocycles. The predicted molar refractivity (Wildman–Crippen MR) is 81.3 cm³/mol. The Kier molecular flexibility index (Phi) is 3.56. The number of amides is 1. The monoisotopic (exact) mass is 291 g/mol. The fraction of sp³-hybridized carbons (Fsp3) is 0.429. The largest absolute Gasteiger partial charge is 0.357 e. The van der Waals surface area contributed by atoms with E-state index in [1.54, 1.807) is 25.5 Å². The number of H-pyrrole nitrogens is 1. The second-order valence-electron chi connectivity index (χ2n) is 5.16. The molecule has 1 unspecified atom stereocenters. The molecule has 0 aliphatic carbocycles. The van der Waals surface area contributed by atoms with Gasteiger partial charge in [0.25, 0.3) is 11.5 Å². The Hall–Kier alpha value is -1.69. The lowest BCUT2D eigenvalue weighted by molar-refractivity contribution is 0.0949. The summed E-state index contributed by atoms with van der Waals surface area (Å²) in [5.41, 5.74) is 0.916. The highest BCUT2D eigenvalue weighted by Gasteiger charge is 2.18. The summed E-state index contributed by atoms with van der Waals surface area (Å²) in [5, 5.41) is 3.67. The van der Waals surface area contributed by atoms with Crippen LogP contribution in [0.15, 0.2) is 23.3 Å². The third-order valence-corrected chi connectivity index (χ3v) is 4.95. The summed E-state index contributed by atoms with van der Waals surface area (Å²) in [7, 11) is 1.66. The second-order valence-corrected chi connectivity index (χ2v) is 6.31. The third kappa shape index (κ3) is 2.35. The smallest absolute Gasteiger partial charge is 0.274 e. The van der Waals surface area contributed by atoms with Crippen molar-refractivity contribution < 1.29 is 4.79 Å². The fourth-order valence-electron chi connectivity index (χ4n) is 2.53. The third-order valence-electron chi connectivity index (χ3n) is 3.71. The number of hydrogen-bond acceptors (Lipinski definition) is 3. The van der Waals surface area contributed by atoms with Crippen LogP contribution in [0.25, 0.3) is 10.9 Å². The molecule has 3 heterocycles. The van der Waals surface area contributed by atoms with Crippen LogP contribution in [0.3, 0.4) is 0 Å². The van der Waals surface area contributed by atoms with E-state index in [1.165, 1.54) is 10.3 Å². The summed E-state index contributed by atoms with van der Waals surface area (Å²) in [4.78, 5) is 27.2. The number of fused-ring (bicyclic) bond motifs is 1. The van der Waals surface area contributed by atoms with Crippen molar-refractivity contribution in [3.05, 3.63) is 34.4 Å². The number of aryl methyl sites for hydroxylation is 1. The summed E-state index contributed by atoms with van der Waals surface area (Å²) in [6.07, 6.45) is 4.46. The van der Waals surface area contributed by atoms with Gasteiger partial charge in [-0.15, -0.1) is 0 Å². The molecule has 2 aromatic heterocycles. The van der Waals surface area contributed by atoms with Crippen LogP contribution < -0.4 is 10.9 Å². The Morgan fingerprint density at radius 1 is 1.60 bits per heavy atom. The second kappa shape index (κ2) is 5.36. The van der Waals surface area contributed by atoms with Crippen molar-refractivity contribution >= 4 is 28.6 Å².